The van der Waals surface area contributed by atoms with Crippen LogP contribution in [0.3, 0.4) is 0 Å². The maximum absolute atomic E-state index is 10.4. The molecule has 6 heteroatoms. The van der Waals surface area contributed by atoms with Crippen molar-refractivity contribution in [2.75, 3.05) is 0 Å². The van der Waals surface area contributed by atoms with Crippen LogP contribution >= 0.6 is 35.7 Å². The third-order valence-corrected chi connectivity index (χ3v) is 3.67. The molecule has 74 valence electrons. The number of carbonyl (C=O) groups excluding carboxylic acids is 1. The molecule has 3 nitrogen and oxygen atoms in total. The molecule has 2 atom stereocenters. The minimum absolute atomic E-state index is 0.207. The highest BCUT2D eigenvalue weighted by atomic mass is 32.2. The molecular weight excluding hydrogens is 228 g/mol. The Bertz CT molecular complexity index is 217. The molecule has 0 bridgehead atoms. The number of carboxylic acids is 1. The maximum atomic E-state index is 10.4. The van der Waals surface area contributed by atoms with Gasteiger partial charge in [-0.15, -0.1) is 0 Å². The van der Waals surface area contributed by atoms with Gasteiger partial charge in [0.15, 0.2) is 0 Å². The lowest BCUT2D eigenvalue weighted by atomic mass is 10.5. The fraction of sp³-hybridized carbons (Fsp3) is 0.571. The van der Waals surface area contributed by atoms with Crippen LogP contribution in [0.1, 0.15) is 13.8 Å². The molecule has 0 aromatic heterocycles. The molecule has 0 aliphatic rings. The summed E-state index contributed by atoms with van der Waals surface area (Å²) in [5, 5.41) is 7.80. The molecule has 0 radical (unpaired) electrons. The first-order chi connectivity index (χ1) is 5.97. The van der Waals surface area contributed by atoms with Gasteiger partial charge in [0, 0.05) is 0 Å². The first-order valence-corrected chi connectivity index (χ1v) is 5.69. The van der Waals surface area contributed by atoms with Crippen molar-refractivity contribution in [2.24, 2.45) is 0 Å². The van der Waals surface area contributed by atoms with E-state index in [1.807, 2.05) is 0 Å². The molecule has 0 saturated heterocycles. The Morgan fingerprint density at radius 2 is 2.00 bits per heavy atom. The third-order valence-electron chi connectivity index (χ3n) is 1.09. The summed E-state index contributed by atoms with van der Waals surface area (Å²) in [6, 6.07) is 0. The lowest BCUT2D eigenvalue weighted by Crippen LogP contribution is -2.13. The molecule has 0 spiro atoms. The van der Waals surface area contributed by atoms with Gasteiger partial charge in [0.25, 0.3) is 0 Å². The number of aldehydes is 1. The Morgan fingerprint density at radius 1 is 1.46 bits per heavy atom. The standard InChI is InChI=1S/C7H10O3S3/c1-4(3-8)12-7(11)13-5(2)6(9)10/h3-5H,1-2H3,(H,9,10). The van der Waals surface area contributed by atoms with Crippen LogP contribution in [0.15, 0.2) is 0 Å². The van der Waals surface area contributed by atoms with Crippen LogP contribution in [0.5, 0.6) is 0 Å². The summed E-state index contributed by atoms with van der Waals surface area (Å²) in [7, 11) is 0. The second-order valence-corrected chi connectivity index (χ2v) is 6.23. The summed E-state index contributed by atoms with van der Waals surface area (Å²) in [6.45, 7) is 3.28. The van der Waals surface area contributed by atoms with Crippen molar-refractivity contribution in [3.8, 4) is 0 Å². The van der Waals surface area contributed by atoms with E-state index in [-0.39, 0.29) is 5.25 Å². The Hall–Kier alpha value is -0.0700. The van der Waals surface area contributed by atoms with Crippen molar-refractivity contribution in [1.82, 2.24) is 0 Å². The van der Waals surface area contributed by atoms with E-state index in [9.17, 15) is 9.59 Å². The molecule has 0 rings (SSSR count). The maximum Gasteiger partial charge on any atom is 0.316 e. The van der Waals surface area contributed by atoms with Crippen molar-refractivity contribution in [1.29, 1.82) is 0 Å². The van der Waals surface area contributed by atoms with Crippen LogP contribution < -0.4 is 0 Å². The van der Waals surface area contributed by atoms with Crippen molar-refractivity contribution in [3.05, 3.63) is 0 Å². The van der Waals surface area contributed by atoms with E-state index < -0.39 is 11.2 Å². The average molecular weight is 238 g/mol. The smallest absolute Gasteiger partial charge is 0.316 e. The number of thioether (sulfide) groups is 2. The zero-order chi connectivity index (χ0) is 10.4. The second kappa shape index (κ2) is 6.39. The first-order valence-electron chi connectivity index (χ1n) is 3.52. The van der Waals surface area contributed by atoms with E-state index in [0.717, 1.165) is 18.0 Å². The largest absolute Gasteiger partial charge is 0.480 e. The van der Waals surface area contributed by atoms with E-state index in [4.69, 9.17) is 17.3 Å². The first kappa shape index (κ1) is 12.9. The van der Waals surface area contributed by atoms with Crippen molar-refractivity contribution in [2.45, 2.75) is 24.3 Å². The van der Waals surface area contributed by atoms with Crippen molar-refractivity contribution < 1.29 is 14.7 Å². The molecule has 2 unspecified atom stereocenters. The number of thiocarbonyl (C=S) groups is 1. The molecule has 0 aliphatic carbocycles. The van der Waals surface area contributed by atoms with Crippen LogP contribution in [0.25, 0.3) is 0 Å². The summed E-state index contributed by atoms with van der Waals surface area (Å²) in [5.41, 5.74) is 0. The fourth-order valence-electron chi connectivity index (χ4n) is 0.402. The number of hydrogen-bond donors (Lipinski definition) is 1. The fourth-order valence-corrected chi connectivity index (χ4v) is 3.15. The molecule has 0 aromatic rings. The van der Waals surface area contributed by atoms with E-state index >= 15 is 0 Å². The van der Waals surface area contributed by atoms with Crippen LogP contribution in [0.4, 0.5) is 0 Å². The van der Waals surface area contributed by atoms with Crippen LogP contribution in [0.2, 0.25) is 0 Å². The Balaban J connectivity index is 3.87. The molecule has 0 fully saturated rings. The van der Waals surface area contributed by atoms with Crippen LogP contribution in [-0.2, 0) is 9.59 Å². The van der Waals surface area contributed by atoms with Gasteiger partial charge in [-0.25, -0.2) is 0 Å². The highest BCUT2D eigenvalue weighted by molar-refractivity contribution is 8.47. The van der Waals surface area contributed by atoms with Crippen molar-refractivity contribution >= 4 is 51.5 Å². The Morgan fingerprint density at radius 3 is 2.38 bits per heavy atom. The number of aliphatic carboxylic acids is 1. The van der Waals surface area contributed by atoms with E-state index in [0.29, 0.717) is 3.53 Å². The highest BCUT2D eigenvalue weighted by Crippen LogP contribution is 2.24. The summed E-state index contributed by atoms with van der Waals surface area (Å²) >= 11 is 7.19. The summed E-state index contributed by atoms with van der Waals surface area (Å²) < 4.78 is 0.495. The number of carboxylic acid groups (broad SMARTS) is 1. The second-order valence-electron chi connectivity index (χ2n) is 2.31. The summed E-state index contributed by atoms with van der Waals surface area (Å²) in [4.78, 5) is 20.7. The van der Waals surface area contributed by atoms with Gasteiger partial charge < -0.3 is 9.90 Å². The van der Waals surface area contributed by atoms with Gasteiger partial charge in [0.1, 0.15) is 15.1 Å². The average Bonchev–Trinajstić information content (AvgIpc) is 2.03. The summed E-state index contributed by atoms with van der Waals surface area (Å²) in [6.07, 6.45) is 0.781. The SMILES string of the molecule is CC(C=O)SC(=S)SC(C)C(=O)O. The Labute approximate surface area is 90.7 Å². The number of rotatable bonds is 4. The lowest BCUT2D eigenvalue weighted by Gasteiger charge is -2.07. The van der Waals surface area contributed by atoms with Crippen molar-refractivity contribution in [3.63, 3.8) is 0 Å². The monoisotopic (exact) mass is 238 g/mol. The minimum Gasteiger partial charge on any atom is -0.480 e. The molecule has 0 aromatic carbocycles. The predicted octanol–water partition coefficient (Wildman–Crippen LogP) is 1.80. The molecule has 0 amide bonds. The van der Waals surface area contributed by atoms with Gasteiger partial charge in [-0.05, 0) is 13.8 Å². The highest BCUT2D eigenvalue weighted by Gasteiger charge is 2.15. The molecule has 0 saturated carbocycles. The number of hydrogen-bond acceptors (Lipinski definition) is 5. The zero-order valence-electron chi connectivity index (χ0n) is 7.22. The minimum atomic E-state index is -0.897. The molecule has 13 heavy (non-hydrogen) atoms. The van der Waals surface area contributed by atoms with Gasteiger partial charge in [0.05, 0.1) is 5.25 Å². The van der Waals surface area contributed by atoms with Gasteiger partial charge in [-0.2, -0.15) is 0 Å². The predicted molar refractivity (Wildman–Crippen MR) is 60.4 cm³/mol. The zero-order valence-corrected chi connectivity index (χ0v) is 9.67. The topological polar surface area (TPSA) is 54.4 Å². The van der Waals surface area contributed by atoms with E-state index in [1.54, 1.807) is 13.8 Å². The normalized spacial score (nSPS) is 14.6. The molecule has 0 heterocycles. The van der Waals surface area contributed by atoms with Gasteiger partial charge in [-0.3, -0.25) is 4.79 Å². The van der Waals surface area contributed by atoms with E-state index in [1.165, 1.54) is 11.8 Å². The Kier molecular flexibility index (Phi) is 6.36. The molecule has 1 N–H and O–H groups in total. The molecular formula is C7H10O3S3. The van der Waals surface area contributed by atoms with Crippen LogP contribution in [-0.4, -0.2) is 31.4 Å². The number of carbonyl (C=O) groups is 2. The quantitative estimate of drug-likeness (QED) is 0.595. The van der Waals surface area contributed by atoms with Gasteiger partial charge in [-0.1, -0.05) is 35.7 Å². The lowest BCUT2D eigenvalue weighted by molar-refractivity contribution is -0.136. The van der Waals surface area contributed by atoms with Gasteiger partial charge >= 0.3 is 5.97 Å². The molecule has 0 aliphatic heterocycles. The van der Waals surface area contributed by atoms with E-state index in [2.05, 4.69) is 0 Å². The third kappa shape index (κ3) is 6.06. The van der Waals surface area contributed by atoms with Gasteiger partial charge in [0.2, 0.25) is 0 Å². The van der Waals surface area contributed by atoms with Crippen LogP contribution in [0, 0.1) is 0 Å². The summed E-state index contributed by atoms with van der Waals surface area (Å²) in [5.74, 6) is -0.897.